The van der Waals surface area contributed by atoms with Gasteiger partial charge in [-0.05, 0) is 99.3 Å². The second kappa shape index (κ2) is 13.0. The van der Waals surface area contributed by atoms with E-state index in [-0.39, 0.29) is 19.1 Å². The van der Waals surface area contributed by atoms with Gasteiger partial charge in [0, 0.05) is 16.8 Å². The molecule has 0 aromatic heterocycles. The number of hydrogen-bond donors (Lipinski definition) is 0. The van der Waals surface area contributed by atoms with Gasteiger partial charge in [0.05, 0.1) is 22.7 Å². The minimum Gasteiger partial charge on any atom is -0.496 e. The number of hydrogen-bond acceptors (Lipinski definition) is 5. The van der Waals surface area contributed by atoms with E-state index < -0.39 is 5.97 Å². The molecule has 0 spiro atoms. The Labute approximate surface area is 244 Å². The van der Waals surface area contributed by atoms with Crippen molar-refractivity contribution in [3.63, 3.8) is 0 Å². The van der Waals surface area contributed by atoms with Crippen molar-refractivity contribution in [3.05, 3.63) is 105 Å². The molecule has 200 valence electrons. The third-order valence-corrected chi connectivity index (χ3v) is 7.16. The number of amides is 1. The lowest BCUT2D eigenvalue weighted by Crippen LogP contribution is -2.36. The molecule has 0 aliphatic carbocycles. The van der Waals surface area contributed by atoms with E-state index >= 15 is 0 Å². The van der Waals surface area contributed by atoms with Gasteiger partial charge in [-0.1, -0.05) is 42.5 Å². The summed E-state index contributed by atoms with van der Waals surface area (Å²) in [4.78, 5) is 27.2. The number of ether oxygens (including phenoxy) is 3. The van der Waals surface area contributed by atoms with Crippen molar-refractivity contribution in [1.82, 2.24) is 0 Å². The van der Waals surface area contributed by atoms with Crippen molar-refractivity contribution >= 4 is 49.4 Å². The van der Waals surface area contributed by atoms with Gasteiger partial charge in [0.1, 0.15) is 18.0 Å². The molecule has 6 nitrogen and oxygen atoms in total. The molecule has 0 fully saturated rings. The summed E-state index contributed by atoms with van der Waals surface area (Å²) in [5, 5.41) is 0. The molecule has 0 aliphatic heterocycles. The van der Waals surface area contributed by atoms with Crippen molar-refractivity contribution in [2.75, 3.05) is 25.2 Å². The highest BCUT2D eigenvalue weighted by Crippen LogP contribution is 2.42. The number of aryl methyl sites for hydroxylation is 1. The van der Waals surface area contributed by atoms with E-state index in [0.29, 0.717) is 31.7 Å². The largest absolute Gasteiger partial charge is 0.496 e. The molecule has 0 unspecified atom stereocenters. The fourth-order valence-corrected chi connectivity index (χ4v) is 5.43. The third-order valence-electron chi connectivity index (χ3n) is 5.98. The van der Waals surface area contributed by atoms with E-state index in [2.05, 4.69) is 31.9 Å². The van der Waals surface area contributed by atoms with Crippen LogP contribution in [0.5, 0.6) is 17.2 Å². The Morgan fingerprint density at radius 2 is 1.51 bits per heavy atom. The average Bonchev–Trinajstić information content (AvgIpc) is 2.94. The minimum absolute atomic E-state index is 0.221. The van der Waals surface area contributed by atoms with Crippen LogP contribution in [0.3, 0.4) is 0 Å². The van der Waals surface area contributed by atoms with Crippen LogP contribution in [-0.2, 0) is 9.53 Å². The van der Waals surface area contributed by atoms with Crippen molar-refractivity contribution < 1.29 is 23.8 Å². The Morgan fingerprint density at radius 3 is 2.15 bits per heavy atom. The number of rotatable bonds is 9. The van der Waals surface area contributed by atoms with E-state index in [4.69, 9.17) is 14.2 Å². The number of nitrogens with zero attached hydrogens (tertiary/aromatic N) is 1. The van der Waals surface area contributed by atoms with Gasteiger partial charge in [-0.2, -0.15) is 0 Å². The lowest BCUT2D eigenvalue weighted by molar-refractivity contribution is -0.141. The Morgan fingerprint density at radius 1 is 0.846 bits per heavy atom. The number of anilines is 1. The Kier molecular flexibility index (Phi) is 9.43. The first kappa shape index (κ1) is 28.4. The molecule has 8 heteroatoms. The monoisotopic (exact) mass is 651 g/mol. The average molecular weight is 653 g/mol. The highest BCUT2D eigenvalue weighted by atomic mass is 79.9. The van der Waals surface area contributed by atoms with Gasteiger partial charge in [0.25, 0.3) is 5.91 Å². The number of esters is 1. The molecule has 0 atom stereocenters. The maximum absolute atomic E-state index is 13.4. The SMILES string of the molecule is CCOC(=O)CN(C(=O)c1ccccc1)c1cc(Br)c(Oc2ccc(OC)c(-c3ccccc3C)c2)c(Br)c1. The molecule has 4 aromatic carbocycles. The molecule has 4 aromatic rings. The van der Waals surface area contributed by atoms with Crippen LogP contribution in [0, 0.1) is 6.92 Å². The quantitative estimate of drug-likeness (QED) is 0.171. The van der Waals surface area contributed by atoms with E-state index in [1.165, 1.54) is 4.90 Å². The zero-order chi connectivity index (χ0) is 27.9. The first-order chi connectivity index (χ1) is 18.8. The molecular formula is C31H27Br2NO5. The molecule has 0 bridgehead atoms. The first-order valence-electron chi connectivity index (χ1n) is 12.3. The van der Waals surface area contributed by atoms with Crippen LogP contribution in [-0.4, -0.2) is 32.1 Å². The summed E-state index contributed by atoms with van der Waals surface area (Å²) in [6.07, 6.45) is 0. The van der Waals surface area contributed by atoms with Crippen LogP contribution in [0.1, 0.15) is 22.8 Å². The van der Waals surface area contributed by atoms with E-state index in [0.717, 1.165) is 22.4 Å². The van der Waals surface area contributed by atoms with Gasteiger partial charge in [0.15, 0.2) is 5.75 Å². The molecule has 1 amide bonds. The predicted octanol–water partition coefficient (Wildman–Crippen LogP) is 8.20. The number of carbonyl (C=O) groups excluding carboxylic acids is 2. The fraction of sp³-hybridized carbons (Fsp3) is 0.161. The summed E-state index contributed by atoms with van der Waals surface area (Å²) in [5.74, 6) is 1.03. The molecule has 0 radical (unpaired) electrons. The van der Waals surface area contributed by atoms with Gasteiger partial charge in [0.2, 0.25) is 0 Å². The molecule has 0 saturated carbocycles. The van der Waals surface area contributed by atoms with E-state index in [1.54, 1.807) is 50.4 Å². The highest BCUT2D eigenvalue weighted by molar-refractivity contribution is 9.11. The summed E-state index contributed by atoms with van der Waals surface area (Å²) in [6.45, 7) is 3.76. The normalized spacial score (nSPS) is 10.6. The van der Waals surface area contributed by atoms with E-state index in [1.807, 2.05) is 55.5 Å². The van der Waals surface area contributed by atoms with Crippen molar-refractivity contribution in [2.45, 2.75) is 13.8 Å². The number of carbonyl (C=O) groups is 2. The zero-order valence-electron chi connectivity index (χ0n) is 21.7. The zero-order valence-corrected chi connectivity index (χ0v) is 24.9. The van der Waals surface area contributed by atoms with Crippen LogP contribution < -0.4 is 14.4 Å². The smallest absolute Gasteiger partial charge is 0.326 e. The van der Waals surface area contributed by atoms with Crippen LogP contribution in [0.2, 0.25) is 0 Å². The topological polar surface area (TPSA) is 65.1 Å². The number of halogens is 2. The van der Waals surface area contributed by atoms with Crippen LogP contribution >= 0.6 is 31.9 Å². The second-order valence-electron chi connectivity index (χ2n) is 8.58. The molecule has 0 heterocycles. The highest BCUT2D eigenvalue weighted by Gasteiger charge is 2.24. The lowest BCUT2D eigenvalue weighted by atomic mass is 9.99. The number of methoxy groups -OCH3 is 1. The van der Waals surface area contributed by atoms with E-state index in [9.17, 15) is 9.59 Å². The first-order valence-corrected chi connectivity index (χ1v) is 13.8. The summed E-state index contributed by atoms with van der Waals surface area (Å²) < 4.78 is 18.2. The van der Waals surface area contributed by atoms with Crippen molar-refractivity contribution in [1.29, 1.82) is 0 Å². The molecule has 0 aliphatic rings. The summed E-state index contributed by atoms with van der Waals surface area (Å²) in [6, 6.07) is 26.0. The standard InChI is InChI=1S/C31H27Br2NO5/c1-4-38-29(35)19-34(31(36)21-11-6-5-7-12-21)22-16-26(32)30(27(33)17-22)39-23-14-15-28(37-3)25(18-23)24-13-9-8-10-20(24)2/h5-18H,4,19H2,1-3H3. The Bertz CT molecular complexity index is 1470. The second-order valence-corrected chi connectivity index (χ2v) is 10.3. The maximum Gasteiger partial charge on any atom is 0.326 e. The molecule has 0 saturated heterocycles. The van der Waals surface area contributed by atoms with Gasteiger partial charge >= 0.3 is 5.97 Å². The van der Waals surface area contributed by atoms with Crippen LogP contribution in [0.15, 0.2) is 93.9 Å². The van der Waals surface area contributed by atoms with Gasteiger partial charge in [-0.3, -0.25) is 14.5 Å². The minimum atomic E-state index is -0.503. The Hall–Kier alpha value is -3.62. The van der Waals surface area contributed by atoms with Crippen LogP contribution in [0.4, 0.5) is 5.69 Å². The molecule has 0 N–H and O–H groups in total. The molecule has 4 rings (SSSR count). The third kappa shape index (κ3) is 6.69. The predicted molar refractivity (Wildman–Crippen MR) is 160 cm³/mol. The van der Waals surface area contributed by atoms with Gasteiger partial charge < -0.3 is 14.2 Å². The summed E-state index contributed by atoms with van der Waals surface area (Å²) >= 11 is 7.19. The maximum atomic E-state index is 13.4. The van der Waals surface area contributed by atoms with Gasteiger partial charge in [-0.25, -0.2) is 0 Å². The fourth-order valence-electron chi connectivity index (χ4n) is 4.11. The Balaban J connectivity index is 1.69. The van der Waals surface area contributed by atoms with Crippen LogP contribution in [0.25, 0.3) is 11.1 Å². The molecule has 39 heavy (non-hydrogen) atoms. The lowest BCUT2D eigenvalue weighted by Gasteiger charge is -2.23. The van der Waals surface area contributed by atoms with Crippen molar-refractivity contribution in [2.24, 2.45) is 0 Å². The van der Waals surface area contributed by atoms with Crippen molar-refractivity contribution in [3.8, 4) is 28.4 Å². The molecular weight excluding hydrogens is 626 g/mol. The van der Waals surface area contributed by atoms with Gasteiger partial charge in [-0.15, -0.1) is 0 Å². The number of benzene rings is 4. The summed E-state index contributed by atoms with van der Waals surface area (Å²) in [5.41, 5.74) is 4.02. The summed E-state index contributed by atoms with van der Waals surface area (Å²) in [7, 11) is 1.64.